The summed E-state index contributed by atoms with van der Waals surface area (Å²) in [5, 5.41) is 0. The van der Waals surface area contributed by atoms with Crippen molar-refractivity contribution in [3.8, 4) is 29.4 Å². The van der Waals surface area contributed by atoms with Gasteiger partial charge in [-0.1, -0.05) is 51.4 Å². The first-order valence-corrected chi connectivity index (χ1v) is 19.1. The molecule has 2 aromatic carbocycles. The molecule has 5 heterocycles. The minimum atomic E-state index is -0.487. The van der Waals surface area contributed by atoms with Crippen LogP contribution in [0.15, 0.2) is 66.7 Å². The van der Waals surface area contributed by atoms with Crippen molar-refractivity contribution in [2.24, 2.45) is 0 Å². The van der Waals surface area contributed by atoms with Crippen LogP contribution in [0.5, 0.6) is 5.75 Å². The molecular formula is C48H50N6O3. The highest BCUT2D eigenvalue weighted by atomic mass is 16.5. The number of nitrogens with zero attached hydrogens (tertiary/aromatic N) is 4. The van der Waals surface area contributed by atoms with Crippen LogP contribution in [-0.2, 0) is 28.4 Å². The Balaban J connectivity index is 1.55. The minimum Gasteiger partial charge on any atom is -0.493 e. The summed E-state index contributed by atoms with van der Waals surface area (Å²) in [5.41, 5.74) is 12.2. The Morgan fingerprint density at radius 1 is 0.684 bits per heavy atom. The van der Waals surface area contributed by atoms with Gasteiger partial charge in [0.2, 0.25) is 0 Å². The largest absolute Gasteiger partial charge is 0.493 e. The number of aryl methyl sites for hydroxylation is 1. The van der Waals surface area contributed by atoms with Crippen LogP contribution in [0.4, 0.5) is 11.4 Å². The molecule has 0 atom stereocenters. The molecule has 7 rings (SSSR count). The van der Waals surface area contributed by atoms with Gasteiger partial charge < -0.3 is 29.2 Å². The number of anilines is 2. The summed E-state index contributed by atoms with van der Waals surface area (Å²) in [6.07, 6.45) is 1.27. The van der Waals surface area contributed by atoms with E-state index >= 15 is 0 Å². The molecule has 9 heteroatoms. The summed E-state index contributed by atoms with van der Waals surface area (Å²) in [7, 11) is 11.1. The highest BCUT2D eigenvalue weighted by molar-refractivity contribution is 6.03. The number of fused-ring (bicyclic) bond motifs is 8. The molecule has 8 bridgehead atoms. The number of esters is 1. The number of methoxy groups -OCH3 is 2. The average molecular weight is 759 g/mol. The fourth-order valence-corrected chi connectivity index (χ4v) is 7.48. The molecule has 5 aromatic rings. The van der Waals surface area contributed by atoms with Crippen LogP contribution in [-0.4, -0.2) is 68.3 Å². The molecule has 0 aliphatic carbocycles. The van der Waals surface area contributed by atoms with Crippen molar-refractivity contribution in [1.29, 1.82) is 0 Å². The van der Waals surface area contributed by atoms with Gasteiger partial charge in [0, 0.05) is 91.4 Å². The van der Waals surface area contributed by atoms with Gasteiger partial charge in [0.05, 0.1) is 53.1 Å². The Bertz CT molecular complexity index is 2690. The Morgan fingerprint density at radius 2 is 1.21 bits per heavy atom. The van der Waals surface area contributed by atoms with Crippen LogP contribution in [0.25, 0.3) is 22.1 Å². The molecule has 2 aliphatic rings. The van der Waals surface area contributed by atoms with Crippen LogP contribution in [0.2, 0.25) is 0 Å². The van der Waals surface area contributed by atoms with E-state index in [1.54, 1.807) is 7.11 Å². The van der Waals surface area contributed by atoms with Crippen molar-refractivity contribution >= 4 is 39.4 Å². The van der Waals surface area contributed by atoms with Crippen LogP contribution in [0.1, 0.15) is 88.6 Å². The zero-order valence-corrected chi connectivity index (χ0v) is 34.8. The predicted molar refractivity (Wildman–Crippen MR) is 231 cm³/mol. The molecule has 0 saturated heterocycles. The summed E-state index contributed by atoms with van der Waals surface area (Å²) in [6.45, 7) is 10.8. The zero-order valence-electron chi connectivity index (χ0n) is 34.8. The Morgan fingerprint density at radius 3 is 1.75 bits per heavy atom. The topological polar surface area (TPSA) is 99.4 Å². The van der Waals surface area contributed by atoms with Crippen LogP contribution < -0.4 is 14.5 Å². The smallest absolute Gasteiger partial charge is 0.341 e. The lowest BCUT2D eigenvalue weighted by atomic mass is 9.86. The number of carbonyl (C=O) groups is 1. The first kappa shape index (κ1) is 38.8. The second-order valence-electron chi connectivity index (χ2n) is 16.5. The maximum Gasteiger partial charge on any atom is 0.341 e. The van der Waals surface area contributed by atoms with E-state index in [-0.39, 0.29) is 10.8 Å². The van der Waals surface area contributed by atoms with Crippen molar-refractivity contribution in [3.05, 3.63) is 123 Å². The van der Waals surface area contributed by atoms with E-state index in [1.165, 1.54) is 7.11 Å². The fraction of sp³-hybridized carbons (Fsp3) is 0.312. The third-order valence-corrected chi connectivity index (χ3v) is 10.9. The van der Waals surface area contributed by atoms with Crippen LogP contribution in [0, 0.1) is 30.6 Å². The fourth-order valence-electron chi connectivity index (χ4n) is 7.48. The Labute approximate surface area is 335 Å². The van der Waals surface area contributed by atoms with Gasteiger partial charge in [0.1, 0.15) is 5.56 Å². The van der Waals surface area contributed by atoms with Crippen molar-refractivity contribution in [2.75, 3.05) is 52.2 Å². The van der Waals surface area contributed by atoms with Crippen molar-refractivity contribution in [3.63, 3.8) is 0 Å². The molecule has 0 saturated carbocycles. The van der Waals surface area contributed by atoms with Gasteiger partial charge >= 0.3 is 5.97 Å². The molecule has 0 fully saturated rings. The molecule has 2 aliphatic heterocycles. The molecule has 0 radical (unpaired) electrons. The summed E-state index contributed by atoms with van der Waals surface area (Å²) < 4.78 is 11.6. The molecule has 0 spiro atoms. The Hall–Kier alpha value is -6.45. The number of hydrogen-bond acceptors (Lipinski definition) is 7. The predicted octanol–water partition coefficient (Wildman–Crippen LogP) is 8.39. The molecule has 0 unspecified atom stereocenters. The minimum absolute atomic E-state index is 0.323. The van der Waals surface area contributed by atoms with E-state index in [9.17, 15) is 4.79 Å². The van der Waals surface area contributed by atoms with Gasteiger partial charge in [0.15, 0.2) is 5.75 Å². The third-order valence-electron chi connectivity index (χ3n) is 10.9. The number of nitrogens with one attached hydrogen (secondary N) is 2. The third kappa shape index (κ3) is 7.58. The maximum absolute atomic E-state index is 13.7. The summed E-state index contributed by atoms with van der Waals surface area (Å²) in [5.74, 6) is 13.7. The van der Waals surface area contributed by atoms with E-state index in [4.69, 9.17) is 19.4 Å². The summed E-state index contributed by atoms with van der Waals surface area (Å²) in [4.78, 5) is 35.5. The number of benzene rings is 2. The highest BCUT2D eigenvalue weighted by Crippen LogP contribution is 2.39. The standard InChI is InChI=1S/C48H50N6O3/c1-29-35(22-16-30-12-18-33(19-13-30)53(6)7)37-25-41-47(2,3)27-32(49-41)24-39-43(46(55)57-11)36(23-17-31-14-20-34(21-15-31)54(8)9)38(50-39)26-42-48(4,5)28-40(51-42)45(56-10)44(29)52-37/h12-15,18-21,24-26,50,52H,27-28H2,1-11H3. The summed E-state index contributed by atoms with van der Waals surface area (Å²) >= 11 is 0. The van der Waals surface area contributed by atoms with Gasteiger partial charge in [-0.2, -0.15) is 0 Å². The van der Waals surface area contributed by atoms with Gasteiger partial charge in [-0.15, -0.1) is 0 Å². The molecule has 57 heavy (non-hydrogen) atoms. The van der Waals surface area contributed by atoms with E-state index in [2.05, 4.69) is 91.4 Å². The van der Waals surface area contributed by atoms with Crippen LogP contribution >= 0.6 is 0 Å². The maximum atomic E-state index is 13.7. The molecular weight excluding hydrogens is 709 g/mol. The number of carbonyl (C=O) groups excluding carboxylic acids is 1. The number of H-pyrrole nitrogens is 2. The number of aromatic nitrogens is 4. The van der Waals surface area contributed by atoms with Crippen LogP contribution in [0.3, 0.4) is 0 Å². The first-order chi connectivity index (χ1) is 27.1. The quantitative estimate of drug-likeness (QED) is 0.140. The van der Waals surface area contributed by atoms with E-state index in [0.717, 1.165) is 67.4 Å². The van der Waals surface area contributed by atoms with E-state index < -0.39 is 5.97 Å². The van der Waals surface area contributed by atoms with Gasteiger partial charge in [-0.25, -0.2) is 4.79 Å². The Kier molecular flexibility index (Phi) is 10.1. The highest BCUT2D eigenvalue weighted by Gasteiger charge is 2.33. The van der Waals surface area contributed by atoms with Gasteiger partial charge in [-0.05, 0) is 79.2 Å². The van der Waals surface area contributed by atoms with E-state index in [0.29, 0.717) is 40.8 Å². The molecule has 290 valence electrons. The molecule has 3 aromatic heterocycles. The van der Waals surface area contributed by atoms with Gasteiger partial charge in [0.25, 0.3) is 0 Å². The number of rotatable bonds is 4. The SMILES string of the molecule is COC(=O)c1c(C#Cc2ccc(N(C)C)cc2)c2cc3nc(c(OC)c4[nH]c(cc5nc(cc1[nH]2)CC5(C)C)c(C#Cc1ccc(N(C)C)cc1)c4C)CC3(C)C. The summed E-state index contributed by atoms with van der Waals surface area (Å²) in [6, 6.07) is 22.3. The van der Waals surface area contributed by atoms with Crippen molar-refractivity contribution in [2.45, 2.75) is 58.3 Å². The monoisotopic (exact) mass is 758 g/mol. The molecule has 2 N–H and O–H groups in total. The molecule has 0 amide bonds. The van der Waals surface area contributed by atoms with Gasteiger partial charge in [-0.3, -0.25) is 9.97 Å². The average Bonchev–Trinajstić information content (AvgIpc) is 3.85. The first-order valence-electron chi connectivity index (χ1n) is 19.1. The molecule has 9 nitrogen and oxygen atoms in total. The second kappa shape index (κ2) is 14.9. The number of hydrogen-bond donors (Lipinski definition) is 2. The van der Waals surface area contributed by atoms with E-state index in [1.807, 2.05) is 81.6 Å². The normalized spacial score (nSPS) is 13.8. The lowest BCUT2D eigenvalue weighted by molar-refractivity contribution is 0.0603. The number of aromatic amines is 2. The van der Waals surface area contributed by atoms with Crippen molar-refractivity contribution in [1.82, 2.24) is 19.9 Å². The van der Waals surface area contributed by atoms with Crippen molar-refractivity contribution < 1.29 is 14.3 Å². The zero-order chi connectivity index (χ0) is 40.8. The number of ether oxygens (including phenoxy) is 2. The lowest BCUT2D eigenvalue weighted by Crippen LogP contribution is -2.15. The second-order valence-corrected chi connectivity index (χ2v) is 16.5. The lowest BCUT2D eigenvalue weighted by Gasteiger charge is -2.16.